The SMILES string of the molecule is COCCOCCOC(F)(F)C(F)(F)Oc1ccc(-c2ccc(O)cc2)cc1. The van der Waals surface area contributed by atoms with Crippen molar-refractivity contribution in [1.29, 1.82) is 0 Å². The van der Waals surface area contributed by atoms with Crippen LogP contribution in [0.3, 0.4) is 0 Å². The molecule has 0 fully saturated rings. The van der Waals surface area contributed by atoms with Crippen molar-refractivity contribution in [3.63, 3.8) is 0 Å². The molecule has 9 heteroatoms. The molecule has 0 saturated carbocycles. The minimum Gasteiger partial charge on any atom is -0.508 e. The Kier molecular flexibility index (Phi) is 7.61. The maximum atomic E-state index is 13.8. The highest BCUT2D eigenvalue weighted by molar-refractivity contribution is 5.64. The summed E-state index contributed by atoms with van der Waals surface area (Å²) in [5, 5.41) is 9.27. The summed E-state index contributed by atoms with van der Waals surface area (Å²) in [4.78, 5) is 0. The van der Waals surface area contributed by atoms with Crippen LogP contribution in [-0.2, 0) is 14.2 Å². The van der Waals surface area contributed by atoms with Crippen LogP contribution in [0.2, 0.25) is 0 Å². The number of phenolic OH excluding ortho intramolecular Hbond substituents is 1. The summed E-state index contributed by atoms with van der Waals surface area (Å²) in [5.41, 5.74) is 1.34. The topological polar surface area (TPSA) is 57.2 Å². The van der Waals surface area contributed by atoms with E-state index in [-0.39, 0.29) is 25.6 Å². The van der Waals surface area contributed by atoms with Crippen molar-refractivity contribution in [1.82, 2.24) is 0 Å². The molecule has 5 nitrogen and oxygen atoms in total. The van der Waals surface area contributed by atoms with Crippen molar-refractivity contribution in [3.8, 4) is 22.6 Å². The molecule has 0 aliphatic rings. The Morgan fingerprint density at radius 1 is 0.750 bits per heavy atom. The van der Waals surface area contributed by atoms with Gasteiger partial charge in [-0.15, -0.1) is 0 Å². The van der Waals surface area contributed by atoms with Gasteiger partial charge < -0.3 is 24.1 Å². The second-order valence-corrected chi connectivity index (χ2v) is 5.66. The van der Waals surface area contributed by atoms with Crippen molar-refractivity contribution < 1.29 is 41.6 Å². The van der Waals surface area contributed by atoms with Crippen LogP contribution in [0, 0.1) is 0 Å². The van der Waals surface area contributed by atoms with Gasteiger partial charge in [0.2, 0.25) is 0 Å². The third-order valence-corrected chi connectivity index (χ3v) is 3.58. The predicted octanol–water partition coefficient (Wildman–Crippen LogP) is 4.30. The number of methoxy groups -OCH3 is 1. The number of alkyl halides is 4. The number of hydrogen-bond acceptors (Lipinski definition) is 5. The molecule has 0 radical (unpaired) electrons. The fourth-order valence-electron chi connectivity index (χ4n) is 2.13. The van der Waals surface area contributed by atoms with E-state index < -0.39 is 24.6 Å². The van der Waals surface area contributed by atoms with Gasteiger partial charge in [0.15, 0.2) is 0 Å². The first-order valence-corrected chi connectivity index (χ1v) is 8.30. The van der Waals surface area contributed by atoms with E-state index in [0.29, 0.717) is 11.1 Å². The molecule has 0 aliphatic heterocycles. The quantitative estimate of drug-likeness (QED) is 0.447. The van der Waals surface area contributed by atoms with E-state index in [1.54, 1.807) is 12.1 Å². The predicted molar refractivity (Wildman–Crippen MR) is 92.7 cm³/mol. The summed E-state index contributed by atoms with van der Waals surface area (Å²) in [7, 11) is 1.43. The standard InChI is InChI=1S/C19H20F4O5/c1-25-10-11-26-12-13-27-18(20,21)19(22,23)28-17-8-4-15(5-9-17)14-2-6-16(24)7-3-14/h2-9,24H,10-13H2,1H3. The summed E-state index contributed by atoms with van der Waals surface area (Å²) in [5.74, 6) is -0.373. The third-order valence-electron chi connectivity index (χ3n) is 3.58. The zero-order chi connectivity index (χ0) is 20.6. The van der Waals surface area contributed by atoms with Gasteiger partial charge in [-0.25, -0.2) is 0 Å². The van der Waals surface area contributed by atoms with Gasteiger partial charge >= 0.3 is 12.2 Å². The fourth-order valence-corrected chi connectivity index (χ4v) is 2.13. The molecule has 0 amide bonds. The van der Waals surface area contributed by atoms with Crippen LogP contribution >= 0.6 is 0 Å². The molecule has 154 valence electrons. The van der Waals surface area contributed by atoms with Crippen LogP contribution in [0.1, 0.15) is 0 Å². The van der Waals surface area contributed by atoms with Crippen LogP contribution in [0.5, 0.6) is 11.5 Å². The number of rotatable bonds is 11. The Bertz CT molecular complexity index is 720. The lowest BCUT2D eigenvalue weighted by atomic mass is 10.1. The number of phenols is 1. The van der Waals surface area contributed by atoms with E-state index in [9.17, 15) is 22.7 Å². The number of aromatic hydroxyl groups is 1. The van der Waals surface area contributed by atoms with Gasteiger partial charge in [-0.1, -0.05) is 24.3 Å². The normalized spacial score (nSPS) is 12.2. The zero-order valence-corrected chi connectivity index (χ0v) is 15.0. The van der Waals surface area contributed by atoms with Crippen molar-refractivity contribution in [3.05, 3.63) is 48.5 Å². The van der Waals surface area contributed by atoms with Crippen LogP contribution in [-0.4, -0.2) is 50.9 Å². The molecule has 0 saturated heterocycles. The van der Waals surface area contributed by atoms with E-state index >= 15 is 0 Å². The summed E-state index contributed by atoms with van der Waals surface area (Å²) in [6, 6.07) is 11.3. The molecule has 28 heavy (non-hydrogen) atoms. The van der Waals surface area contributed by atoms with Gasteiger partial charge in [0.1, 0.15) is 11.5 Å². The van der Waals surface area contributed by atoms with Crippen LogP contribution in [0.15, 0.2) is 48.5 Å². The van der Waals surface area contributed by atoms with Gasteiger partial charge in [0.25, 0.3) is 0 Å². The van der Waals surface area contributed by atoms with Gasteiger partial charge in [-0.05, 0) is 35.4 Å². The van der Waals surface area contributed by atoms with Crippen LogP contribution in [0.4, 0.5) is 17.6 Å². The summed E-state index contributed by atoms with van der Waals surface area (Å²) < 4.78 is 72.6. The van der Waals surface area contributed by atoms with Crippen LogP contribution < -0.4 is 4.74 Å². The molecule has 0 heterocycles. The molecule has 0 unspecified atom stereocenters. The second kappa shape index (κ2) is 9.72. The summed E-state index contributed by atoms with van der Waals surface area (Å²) in [6.07, 6.45) is -9.72. The minimum atomic E-state index is -4.88. The largest absolute Gasteiger partial charge is 0.508 e. The molecule has 0 bridgehead atoms. The lowest BCUT2D eigenvalue weighted by Crippen LogP contribution is -2.47. The average Bonchev–Trinajstić information content (AvgIpc) is 2.65. The van der Waals surface area contributed by atoms with Crippen molar-refractivity contribution in [2.45, 2.75) is 12.2 Å². The Morgan fingerprint density at radius 3 is 1.86 bits per heavy atom. The number of ether oxygens (including phenoxy) is 4. The molecule has 2 rings (SSSR count). The van der Waals surface area contributed by atoms with E-state index in [4.69, 9.17) is 4.74 Å². The maximum Gasteiger partial charge on any atom is 0.494 e. The molecule has 0 aromatic heterocycles. The molecule has 0 aliphatic carbocycles. The summed E-state index contributed by atoms with van der Waals surface area (Å²) >= 11 is 0. The Balaban J connectivity index is 1.93. The molecule has 0 atom stereocenters. The molecule has 0 spiro atoms. The van der Waals surface area contributed by atoms with Gasteiger partial charge in [0.05, 0.1) is 26.4 Å². The van der Waals surface area contributed by atoms with Crippen molar-refractivity contribution in [2.24, 2.45) is 0 Å². The monoisotopic (exact) mass is 404 g/mol. The fraction of sp³-hybridized carbons (Fsp3) is 0.368. The smallest absolute Gasteiger partial charge is 0.494 e. The molecular formula is C19H20F4O5. The van der Waals surface area contributed by atoms with E-state index in [0.717, 1.165) is 12.1 Å². The van der Waals surface area contributed by atoms with Gasteiger partial charge in [-0.3, -0.25) is 0 Å². The average molecular weight is 404 g/mol. The van der Waals surface area contributed by atoms with E-state index in [2.05, 4.69) is 14.2 Å². The Labute approximate surface area is 159 Å². The minimum absolute atomic E-state index is 0.0784. The molecular weight excluding hydrogens is 384 g/mol. The number of benzene rings is 2. The third kappa shape index (κ3) is 6.08. The zero-order valence-electron chi connectivity index (χ0n) is 15.0. The maximum absolute atomic E-state index is 13.8. The summed E-state index contributed by atoms with van der Waals surface area (Å²) in [6.45, 7) is -0.659. The Morgan fingerprint density at radius 2 is 1.29 bits per heavy atom. The molecule has 2 aromatic rings. The highest BCUT2D eigenvalue weighted by atomic mass is 19.3. The van der Waals surface area contributed by atoms with Gasteiger partial charge in [-0.2, -0.15) is 17.6 Å². The molecule has 2 aromatic carbocycles. The first-order chi connectivity index (χ1) is 13.2. The van der Waals surface area contributed by atoms with Crippen LogP contribution in [0.25, 0.3) is 11.1 Å². The highest BCUT2D eigenvalue weighted by Crippen LogP contribution is 2.37. The first kappa shape index (κ1) is 21.9. The number of hydrogen-bond donors (Lipinski definition) is 1. The first-order valence-electron chi connectivity index (χ1n) is 8.30. The second-order valence-electron chi connectivity index (χ2n) is 5.66. The highest BCUT2D eigenvalue weighted by Gasteiger charge is 2.61. The Hall–Kier alpha value is -2.36. The van der Waals surface area contributed by atoms with Crippen molar-refractivity contribution >= 4 is 0 Å². The van der Waals surface area contributed by atoms with Gasteiger partial charge in [0, 0.05) is 7.11 Å². The van der Waals surface area contributed by atoms with Crippen molar-refractivity contribution in [2.75, 3.05) is 33.5 Å². The molecule has 1 N–H and O–H groups in total. The van der Waals surface area contributed by atoms with E-state index in [1.807, 2.05) is 0 Å². The number of halogens is 4. The lowest BCUT2D eigenvalue weighted by molar-refractivity contribution is -0.408. The lowest BCUT2D eigenvalue weighted by Gasteiger charge is -2.26. The van der Waals surface area contributed by atoms with E-state index in [1.165, 1.54) is 31.4 Å².